The smallest absolute Gasteiger partial charge is 0.337 e. The fourth-order valence-corrected chi connectivity index (χ4v) is 2.68. The Hall–Kier alpha value is -1.71. The zero-order valence-corrected chi connectivity index (χ0v) is 11.7. The Labute approximate surface area is 114 Å². The van der Waals surface area contributed by atoms with Crippen LogP contribution in [0.3, 0.4) is 0 Å². The number of carboxylic acids is 1. The standard InChI is InChI=1S/C15H21NO3/c1-10-4-5-11(2)16(9-10)14-8-12(19-3)6-7-13(14)15(17)18/h6-8,10-11H,4-5,9H2,1-3H3,(H,17,18). The van der Waals surface area contributed by atoms with Gasteiger partial charge < -0.3 is 14.7 Å². The van der Waals surface area contributed by atoms with Crippen molar-refractivity contribution in [1.29, 1.82) is 0 Å². The number of nitrogens with zero attached hydrogens (tertiary/aromatic N) is 1. The third kappa shape index (κ3) is 2.83. The second-order valence-corrected chi connectivity index (χ2v) is 5.37. The van der Waals surface area contributed by atoms with Gasteiger partial charge in [0.15, 0.2) is 0 Å². The van der Waals surface area contributed by atoms with E-state index in [4.69, 9.17) is 4.74 Å². The van der Waals surface area contributed by atoms with Crippen LogP contribution in [-0.2, 0) is 0 Å². The molecule has 1 saturated heterocycles. The lowest BCUT2D eigenvalue weighted by Gasteiger charge is -2.39. The number of anilines is 1. The van der Waals surface area contributed by atoms with Crippen molar-refractivity contribution in [2.75, 3.05) is 18.6 Å². The van der Waals surface area contributed by atoms with Crippen molar-refractivity contribution in [3.8, 4) is 5.75 Å². The van der Waals surface area contributed by atoms with Crippen LogP contribution < -0.4 is 9.64 Å². The minimum atomic E-state index is -0.886. The van der Waals surface area contributed by atoms with Gasteiger partial charge >= 0.3 is 5.97 Å². The molecule has 0 aromatic heterocycles. The molecule has 1 aromatic carbocycles. The normalized spacial score (nSPS) is 23.2. The third-order valence-electron chi connectivity index (χ3n) is 3.86. The summed E-state index contributed by atoms with van der Waals surface area (Å²) >= 11 is 0. The maximum Gasteiger partial charge on any atom is 0.337 e. The van der Waals surface area contributed by atoms with Crippen LogP contribution in [0, 0.1) is 5.92 Å². The van der Waals surface area contributed by atoms with Gasteiger partial charge in [-0.25, -0.2) is 4.79 Å². The number of rotatable bonds is 3. The molecule has 1 fully saturated rings. The summed E-state index contributed by atoms with van der Waals surface area (Å²) < 4.78 is 5.22. The lowest BCUT2D eigenvalue weighted by Crippen LogP contribution is -2.41. The van der Waals surface area contributed by atoms with E-state index in [1.165, 1.54) is 6.42 Å². The molecular weight excluding hydrogens is 242 g/mol. The van der Waals surface area contributed by atoms with E-state index < -0.39 is 5.97 Å². The summed E-state index contributed by atoms with van der Waals surface area (Å²) in [6.45, 7) is 5.26. The molecule has 0 bridgehead atoms. The Morgan fingerprint density at radius 1 is 1.37 bits per heavy atom. The number of aromatic carboxylic acids is 1. The van der Waals surface area contributed by atoms with Crippen molar-refractivity contribution in [2.45, 2.75) is 32.7 Å². The predicted octanol–water partition coefficient (Wildman–Crippen LogP) is 3.02. The van der Waals surface area contributed by atoms with Gasteiger partial charge in [-0.05, 0) is 37.8 Å². The minimum absolute atomic E-state index is 0.349. The number of ether oxygens (including phenoxy) is 1. The van der Waals surface area contributed by atoms with Gasteiger partial charge in [0, 0.05) is 18.7 Å². The monoisotopic (exact) mass is 263 g/mol. The SMILES string of the molecule is COc1ccc(C(=O)O)c(N2CC(C)CCC2C)c1. The topological polar surface area (TPSA) is 49.8 Å². The van der Waals surface area contributed by atoms with Crippen LogP contribution in [0.2, 0.25) is 0 Å². The number of hydrogen-bond donors (Lipinski definition) is 1. The van der Waals surface area contributed by atoms with E-state index in [9.17, 15) is 9.90 Å². The highest BCUT2D eigenvalue weighted by Gasteiger charge is 2.26. The van der Waals surface area contributed by atoms with Crippen LogP contribution in [0.4, 0.5) is 5.69 Å². The molecule has 1 aromatic rings. The van der Waals surface area contributed by atoms with Gasteiger partial charge in [0.05, 0.1) is 18.4 Å². The van der Waals surface area contributed by atoms with Crippen LogP contribution in [0.25, 0.3) is 0 Å². The number of methoxy groups -OCH3 is 1. The van der Waals surface area contributed by atoms with Crippen molar-refractivity contribution in [1.82, 2.24) is 0 Å². The van der Waals surface area contributed by atoms with E-state index in [-0.39, 0.29) is 0 Å². The van der Waals surface area contributed by atoms with E-state index in [0.717, 1.165) is 18.7 Å². The number of hydrogen-bond acceptors (Lipinski definition) is 3. The quantitative estimate of drug-likeness (QED) is 0.910. The second-order valence-electron chi connectivity index (χ2n) is 5.37. The Balaban J connectivity index is 2.42. The molecular formula is C15H21NO3. The molecule has 104 valence electrons. The maximum absolute atomic E-state index is 11.4. The molecule has 0 aliphatic carbocycles. The molecule has 0 radical (unpaired) electrons. The predicted molar refractivity (Wildman–Crippen MR) is 75.2 cm³/mol. The summed E-state index contributed by atoms with van der Waals surface area (Å²) in [6.07, 6.45) is 2.29. The molecule has 1 heterocycles. The van der Waals surface area contributed by atoms with Gasteiger partial charge in [0.2, 0.25) is 0 Å². The molecule has 2 rings (SSSR count). The summed E-state index contributed by atoms with van der Waals surface area (Å²) in [6, 6.07) is 5.52. The molecule has 4 heteroatoms. The lowest BCUT2D eigenvalue weighted by atomic mass is 9.93. The average molecular weight is 263 g/mol. The van der Waals surface area contributed by atoms with Gasteiger partial charge in [-0.2, -0.15) is 0 Å². The van der Waals surface area contributed by atoms with Crippen LogP contribution in [0.15, 0.2) is 18.2 Å². The van der Waals surface area contributed by atoms with Gasteiger partial charge in [-0.15, -0.1) is 0 Å². The highest BCUT2D eigenvalue weighted by atomic mass is 16.5. The summed E-state index contributed by atoms with van der Waals surface area (Å²) in [7, 11) is 1.60. The van der Waals surface area contributed by atoms with Crippen molar-refractivity contribution in [3.05, 3.63) is 23.8 Å². The van der Waals surface area contributed by atoms with Crippen molar-refractivity contribution in [3.63, 3.8) is 0 Å². The summed E-state index contributed by atoms with van der Waals surface area (Å²) in [5.74, 6) is 0.401. The maximum atomic E-state index is 11.4. The summed E-state index contributed by atoms with van der Waals surface area (Å²) in [4.78, 5) is 13.6. The Morgan fingerprint density at radius 2 is 2.11 bits per heavy atom. The Bertz CT molecular complexity index is 472. The highest BCUT2D eigenvalue weighted by molar-refractivity contribution is 5.95. The molecule has 2 atom stereocenters. The van der Waals surface area contributed by atoms with Crippen molar-refractivity contribution in [2.24, 2.45) is 5.92 Å². The third-order valence-corrected chi connectivity index (χ3v) is 3.86. The van der Waals surface area contributed by atoms with Crippen LogP contribution in [0.5, 0.6) is 5.75 Å². The molecule has 1 aliphatic rings. The van der Waals surface area contributed by atoms with Gasteiger partial charge in [0.1, 0.15) is 5.75 Å². The first-order valence-electron chi connectivity index (χ1n) is 6.71. The minimum Gasteiger partial charge on any atom is -0.497 e. The van der Waals surface area contributed by atoms with E-state index in [1.807, 2.05) is 6.07 Å². The first-order chi connectivity index (χ1) is 9.02. The van der Waals surface area contributed by atoms with E-state index >= 15 is 0 Å². The molecule has 0 saturated carbocycles. The van der Waals surface area contributed by atoms with Crippen LogP contribution in [-0.4, -0.2) is 30.8 Å². The second kappa shape index (κ2) is 5.51. The Morgan fingerprint density at radius 3 is 2.74 bits per heavy atom. The first-order valence-corrected chi connectivity index (χ1v) is 6.71. The van der Waals surface area contributed by atoms with Crippen molar-refractivity contribution < 1.29 is 14.6 Å². The number of carboxylic acid groups (broad SMARTS) is 1. The molecule has 19 heavy (non-hydrogen) atoms. The number of carbonyl (C=O) groups is 1. The lowest BCUT2D eigenvalue weighted by molar-refractivity contribution is 0.0697. The first kappa shape index (κ1) is 13.7. The van der Waals surface area contributed by atoms with Gasteiger partial charge in [-0.3, -0.25) is 0 Å². The van der Waals surface area contributed by atoms with E-state index in [1.54, 1.807) is 19.2 Å². The molecule has 0 amide bonds. The number of piperidine rings is 1. The Kier molecular flexibility index (Phi) is 3.98. The van der Waals surface area contributed by atoms with Crippen molar-refractivity contribution >= 4 is 11.7 Å². The molecule has 1 N–H and O–H groups in total. The summed E-state index contributed by atoms with van der Waals surface area (Å²) in [5.41, 5.74) is 1.12. The van der Waals surface area contributed by atoms with Gasteiger partial charge in [0.25, 0.3) is 0 Å². The number of benzene rings is 1. The molecule has 2 unspecified atom stereocenters. The average Bonchev–Trinajstić information content (AvgIpc) is 2.40. The zero-order valence-electron chi connectivity index (χ0n) is 11.7. The van der Waals surface area contributed by atoms with Crippen LogP contribution >= 0.6 is 0 Å². The fourth-order valence-electron chi connectivity index (χ4n) is 2.68. The van der Waals surface area contributed by atoms with Crippen LogP contribution in [0.1, 0.15) is 37.0 Å². The molecule has 4 nitrogen and oxygen atoms in total. The van der Waals surface area contributed by atoms with E-state index in [2.05, 4.69) is 18.7 Å². The van der Waals surface area contributed by atoms with Gasteiger partial charge in [-0.1, -0.05) is 6.92 Å². The fraction of sp³-hybridized carbons (Fsp3) is 0.533. The molecule has 1 aliphatic heterocycles. The molecule has 0 spiro atoms. The zero-order chi connectivity index (χ0) is 14.0. The highest BCUT2D eigenvalue weighted by Crippen LogP contribution is 2.32. The largest absolute Gasteiger partial charge is 0.497 e. The summed E-state index contributed by atoms with van der Waals surface area (Å²) in [5, 5.41) is 9.34. The van der Waals surface area contributed by atoms with E-state index in [0.29, 0.717) is 23.3 Å².